The highest BCUT2D eigenvalue weighted by Gasteiger charge is 2.08. The highest BCUT2D eigenvalue weighted by atomic mass is 127. The van der Waals surface area contributed by atoms with Crippen molar-refractivity contribution in [1.82, 2.24) is 35.2 Å². The lowest BCUT2D eigenvalue weighted by atomic mass is 10.1. The molecule has 0 radical (unpaired) electrons. The van der Waals surface area contributed by atoms with Crippen LogP contribution < -0.4 is 10.6 Å². The minimum absolute atomic E-state index is 0. The number of nitrogens with zero attached hydrogens (tertiary/aromatic N) is 6. The van der Waals surface area contributed by atoms with E-state index >= 15 is 0 Å². The monoisotopic (exact) mass is 542 g/mol. The summed E-state index contributed by atoms with van der Waals surface area (Å²) in [7, 11) is 0. The van der Waals surface area contributed by atoms with Crippen LogP contribution >= 0.6 is 24.0 Å². The van der Waals surface area contributed by atoms with E-state index in [0.717, 1.165) is 30.6 Å². The van der Waals surface area contributed by atoms with E-state index in [2.05, 4.69) is 45.0 Å². The maximum atomic E-state index is 4.78. The van der Waals surface area contributed by atoms with E-state index in [1.807, 2.05) is 64.0 Å². The molecule has 0 aliphatic carbocycles. The number of hydrogen-bond acceptors (Lipinski definition) is 4. The predicted molar refractivity (Wildman–Crippen MR) is 136 cm³/mol. The van der Waals surface area contributed by atoms with Crippen LogP contribution in [0.25, 0.3) is 5.69 Å². The van der Waals surface area contributed by atoms with E-state index in [0.29, 0.717) is 13.1 Å². The van der Waals surface area contributed by atoms with Crippen LogP contribution in [0.4, 0.5) is 0 Å². The molecule has 2 aromatic carbocycles. The number of aliphatic imine (C=N–C) groups is 1. The van der Waals surface area contributed by atoms with Gasteiger partial charge in [-0.1, -0.05) is 42.5 Å². The van der Waals surface area contributed by atoms with Gasteiger partial charge in [0.1, 0.15) is 6.33 Å². The number of benzene rings is 2. The highest BCUT2D eigenvalue weighted by molar-refractivity contribution is 14.0. The molecular weight excluding hydrogens is 515 g/mol. The molecule has 0 fully saturated rings. The Labute approximate surface area is 204 Å². The number of nitrogens with one attached hydrogen (secondary N) is 2. The van der Waals surface area contributed by atoms with Gasteiger partial charge < -0.3 is 10.6 Å². The molecular formula is C23H27IN8. The number of para-hydroxylation sites is 1. The second kappa shape index (κ2) is 12.0. The number of rotatable bonds is 8. The third-order valence-electron chi connectivity index (χ3n) is 4.83. The molecule has 2 N–H and O–H groups in total. The Balaban J connectivity index is 0.00000289. The fraction of sp³-hybridized carbons (Fsp3) is 0.217. The van der Waals surface area contributed by atoms with Gasteiger partial charge in [-0.2, -0.15) is 5.10 Å². The van der Waals surface area contributed by atoms with Crippen molar-refractivity contribution >= 4 is 29.9 Å². The molecule has 2 heterocycles. The van der Waals surface area contributed by atoms with Crippen molar-refractivity contribution in [3.05, 3.63) is 96.3 Å². The van der Waals surface area contributed by atoms with Gasteiger partial charge in [-0.25, -0.2) is 4.99 Å². The van der Waals surface area contributed by atoms with Crippen molar-refractivity contribution in [3.63, 3.8) is 0 Å². The molecule has 0 aliphatic heterocycles. The lowest BCUT2D eigenvalue weighted by molar-refractivity contribution is 0.680. The van der Waals surface area contributed by atoms with Crippen molar-refractivity contribution in [2.24, 2.45) is 4.99 Å². The van der Waals surface area contributed by atoms with E-state index in [1.165, 1.54) is 11.1 Å². The molecule has 32 heavy (non-hydrogen) atoms. The van der Waals surface area contributed by atoms with Gasteiger partial charge in [0.25, 0.3) is 0 Å². The van der Waals surface area contributed by atoms with Crippen LogP contribution in [-0.2, 0) is 19.6 Å². The maximum absolute atomic E-state index is 4.78. The molecule has 0 aliphatic rings. The summed E-state index contributed by atoms with van der Waals surface area (Å²) in [5.74, 6) is 1.55. The number of hydrogen-bond donors (Lipinski definition) is 2. The van der Waals surface area contributed by atoms with Crippen molar-refractivity contribution in [2.75, 3.05) is 6.54 Å². The lowest BCUT2D eigenvalue weighted by Crippen LogP contribution is -2.37. The Bertz CT molecular complexity index is 1110. The van der Waals surface area contributed by atoms with E-state index < -0.39 is 0 Å². The summed E-state index contributed by atoms with van der Waals surface area (Å²) in [5.41, 5.74) is 3.40. The first-order valence-corrected chi connectivity index (χ1v) is 10.3. The smallest absolute Gasteiger partial charge is 0.191 e. The normalized spacial score (nSPS) is 11.1. The third kappa shape index (κ3) is 6.16. The SMILES string of the molecule is CCNC(=NCc1ccccc1Cn1cccn1)NCc1nncn1-c1ccccc1.I. The minimum atomic E-state index is 0. The van der Waals surface area contributed by atoms with Gasteiger partial charge in [0.2, 0.25) is 0 Å². The van der Waals surface area contributed by atoms with Gasteiger partial charge >= 0.3 is 0 Å². The molecule has 4 aromatic rings. The lowest BCUT2D eigenvalue weighted by Gasteiger charge is -2.13. The molecule has 0 saturated heterocycles. The van der Waals surface area contributed by atoms with Crippen LogP contribution in [0.3, 0.4) is 0 Å². The van der Waals surface area contributed by atoms with Crippen LogP contribution in [-0.4, -0.2) is 37.0 Å². The Morgan fingerprint density at radius 3 is 2.50 bits per heavy atom. The van der Waals surface area contributed by atoms with Crippen LogP contribution in [0.1, 0.15) is 23.9 Å². The van der Waals surface area contributed by atoms with Gasteiger partial charge in [0, 0.05) is 24.6 Å². The standard InChI is InChI=1S/C23H26N8.HI/c1-2-24-23(26-16-22-29-27-18-31(22)21-11-4-3-5-12-21)25-15-19-9-6-7-10-20(19)17-30-14-8-13-28-30;/h3-14,18H,2,15-17H2,1H3,(H2,24,25,26);1H. The summed E-state index contributed by atoms with van der Waals surface area (Å²) in [4.78, 5) is 4.78. The zero-order chi connectivity index (χ0) is 21.3. The highest BCUT2D eigenvalue weighted by Crippen LogP contribution is 2.12. The zero-order valence-corrected chi connectivity index (χ0v) is 20.3. The van der Waals surface area contributed by atoms with E-state index in [9.17, 15) is 0 Å². The summed E-state index contributed by atoms with van der Waals surface area (Å²) in [6, 6.07) is 20.3. The molecule has 8 nitrogen and oxygen atoms in total. The molecule has 0 unspecified atom stereocenters. The molecule has 9 heteroatoms. The Kier molecular flexibility index (Phi) is 8.79. The Morgan fingerprint density at radius 2 is 1.75 bits per heavy atom. The molecule has 0 atom stereocenters. The quantitative estimate of drug-likeness (QED) is 0.203. The molecule has 0 spiro atoms. The third-order valence-corrected chi connectivity index (χ3v) is 4.83. The van der Waals surface area contributed by atoms with Gasteiger partial charge in [0.05, 0.1) is 19.6 Å². The van der Waals surface area contributed by atoms with Crippen molar-refractivity contribution in [2.45, 2.75) is 26.6 Å². The Morgan fingerprint density at radius 1 is 0.969 bits per heavy atom. The van der Waals surface area contributed by atoms with Crippen molar-refractivity contribution in [3.8, 4) is 5.69 Å². The summed E-state index contributed by atoms with van der Waals surface area (Å²) in [6.07, 6.45) is 5.48. The number of aromatic nitrogens is 5. The summed E-state index contributed by atoms with van der Waals surface area (Å²) in [5, 5.41) is 19.3. The fourth-order valence-electron chi connectivity index (χ4n) is 3.29. The minimum Gasteiger partial charge on any atom is -0.357 e. The van der Waals surface area contributed by atoms with Crippen LogP contribution in [0, 0.1) is 0 Å². The first-order valence-electron chi connectivity index (χ1n) is 10.3. The van der Waals surface area contributed by atoms with E-state index in [4.69, 9.17) is 4.99 Å². The molecule has 0 amide bonds. The second-order valence-corrected chi connectivity index (χ2v) is 6.97. The van der Waals surface area contributed by atoms with Gasteiger partial charge in [-0.3, -0.25) is 9.25 Å². The molecule has 2 aromatic heterocycles. The summed E-state index contributed by atoms with van der Waals surface area (Å²) in [6.45, 7) is 4.62. The predicted octanol–water partition coefficient (Wildman–Crippen LogP) is 3.39. The van der Waals surface area contributed by atoms with Gasteiger partial charge in [-0.15, -0.1) is 34.2 Å². The number of halogens is 1. The second-order valence-electron chi connectivity index (χ2n) is 6.97. The summed E-state index contributed by atoms with van der Waals surface area (Å²) < 4.78 is 3.89. The van der Waals surface area contributed by atoms with Crippen molar-refractivity contribution in [1.29, 1.82) is 0 Å². The van der Waals surface area contributed by atoms with Crippen molar-refractivity contribution < 1.29 is 0 Å². The van der Waals surface area contributed by atoms with E-state index in [1.54, 1.807) is 12.5 Å². The summed E-state index contributed by atoms with van der Waals surface area (Å²) >= 11 is 0. The topological polar surface area (TPSA) is 84.9 Å². The van der Waals surface area contributed by atoms with Gasteiger partial charge in [0.15, 0.2) is 11.8 Å². The fourth-order valence-corrected chi connectivity index (χ4v) is 3.29. The zero-order valence-electron chi connectivity index (χ0n) is 17.9. The average Bonchev–Trinajstić information content (AvgIpc) is 3.49. The van der Waals surface area contributed by atoms with Gasteiger partial charge in [-0.05, 0) is 36.2 Å². The molecule has 0 bridgehead atoms. The molecule has 166 valence electrons. The molecule has 4 rings (SSSR count). The van der Waals surface area contributed by atoms with Crippen LogP contribution in [0.5, 0.6) is 0 Å². The Hall–Kier alpha value is -3.21. The average molecular weight is 542 g/mol. The maximum Gasteiger partial charge on any atom is 0.191 e. The first kappa shape index (κ1) is 23.5. The number of guanidine groups is 1. The van der Waals surface area contributed by atoms with E-state index in [-0.39, 0.29) is 24.0 Å². The molecule has 0 saturated carbocycles. The largest absolute Gasteiger partial charge is 0.357 e. The van der Waals surface area contributed by atoms with Crippen LogP contribution in [0.2, 0.25) is 0 Å². The first-order chi connectivity index (χ1) is 15.3. The van der Waals surface area contributed by atoms with Crippen LogP contribution in [0.15, 0.2) is 84.4 Å².